The highest BCUT2D eigenvalue weighted by molar-refractivity contribution is 14.0. The number of nitrogens with two attached hydrogens (primary N) is 1. The second-order valence-electron chi connectivity index (χ2n) is 5.47. The van der Waals surface area contributed by atoms with Gasteiger partial charge in [-0.05, 0) is 36.8 Å². The van der Waals surface area contributed by atoms with Gasteiger partial charge in [0, 0.05) is 12.1 Å². The van der Waals surface area contributed by atoms with Crippen LogP contribution in [0.1, 0.15) is 28.6 Å². The van der Waals surface area contributed by atoms with E-state index < -0.39 is 0 Å². The third kappa shape index (κ3) is 7.42. The predicted octanol–water partition coefficient (Wildman–Crippen LogP) is 2.81. The van der Waals surface area contributed by atoms with E-state index in [0.29, 0.717) is 36.9 Å². The summed E-state index contributed by atoms with van der Waals surface area (Å²) in [5.74, 6) is 0.900. The molecule has 0 bridgehead atoms. The van der Waals surface area contributed by atoms with Crippen LogP contribution in [0.2, 0.25) is 0 Å². The summed E-state index contributed by atoms with van der Waals surface area (Å²) >= 11 is 0. The van der Waals surface area contributed by atoms with Crippen molar-refractivity contribution in [1.82, 2.24) is 10.6 Å². The number of nitrogens with zero attached hydrogens (tertiary/aromatic N) is 1. The van der Waals surface area contributed by atoms with Crippen molar-refractivity contribution in [2.24, 2.45) is 10.7 Å². The predicted molar refractivity (Wildman–Crippen MR) is 110 cm³/mol. The Hall–Kier alpha value is -2.29. The van der Waals surface area contributed by atoms with E-state index in [4.69, 9.17) is 10.2 Å². The maximum atomic E-state index is 12.2. The first-order chi connectivity index (χ1) is 11.5. The van der Waals surface area contributed by atoms with Crippen LogP contribution >= 0.6 is 24.0 Å². The number of carbonyl (C=O) groups is 1. The lowest BCUT2D eigenvalue weighted by molar-refractivity contribution is 0.0948. The van der Waals surface area contributed by atoms with Gasteiger partial charge in [-0.25, -0.2) is 4.99 Å². The summed E-state index contributed by atoms with van der Waals surface area (Å²) in [6.07, 6.45) is 1.58. The zero-order chi connectivity index (χ0) is 17.4. The van der Waals surface area contributed by atoms with E-state index in [9.17, 15) is 4.79 Å². The van der Waals surface area contributed by atoms with Crippen molar-refractivity contribution in [2.75, 3.05) is 6.54 Å². The zero-order valence-electron chi connectivity index (χ0n) is 14.1. The average Bonchev–Trinajstić information content (AvgIpc) is 3.09. The van der Waals surface area contributed by atoms with Crippen molar-refractivity contribution in [3.05, 3.63) is 71.7 Å². The highest BCUT2D eigenvalue weighted by Crippen LogP contribution is 2.07. The molecule has 1 aromatic heterocycles. The first kappa shape index (κ1) is 20.8. The second kappa shape index (κ2) is 10.5. The number of aliphatic imine (C=N–C) groups is 1. The Bertz CT molecular complexity index is 726. The molecule has 134 valence electrons. The van der Waals surface area contributed by atoms with Crippen LogP contribution in [0.5, 0.6) is 0 Å². The number of hydrogen-bond donors (Lipinski definition) is 3. The van der Waals surface area contributed by atoms with E-state index in [0.717, 1.165) is 11.1 Å². The summed E-state index contributed by atoms with van der Waals surface area (Å²) in [7, 11) is 0. The molecule has 1 amide bonds. The van der Waals surface area contributed by atoms with Gasteiger partial charge in [-0.1, -0.05) is 24.3 Å². The van der Waals surface area contributed by atoms with Gasteiger partial charge < -0.3 is 20.8 Å². The fourth-order valence-corrected chi connectivity index (χ4v) is 1.97. The van der Waals surface area contributed by atoms with Crippen LogP contribution in [0.3, 0.4) is 0 Å². The monoisotopic (exact) mass is 454 g/mol. The maximum Gasteiger partial charge on any atom is 0.251 e. The quantitative estimate of drug-likeness (QED) is 0.260. The molecule has 25 heavy (non-hydrogen) atoms. The normalized spacial score (nSPS) is 10.7. The van der Waals surface area contributed by atoms with Gasteiger partial charge in [-0.2, -0.15) is 0 Å². The molecule has 4 N–H and O–H groups in total. The maximum absolute atomic E-state index is 12.2. The topological polar surface area (TPSA) is 92.6 Å². The van der Waals surface area contributed by atoms with E-state index >= 15 is 0 Å². The number of halogens is 1. The standard InChI is InChI=1S/C18H22N4O2.HI/c1-13(2)10-21-18(19)22-11-14-5-3-6-15(9-14)17(23)20-12-16-7-4-8-24-16;/h3-9H,1,10-12H2,2H3,(H,20,23)(H3,19,21,22);1H. The van der Waals surface area contributed by atoms with Crippen LogP contribution in [0.4, 0.5) is 0 Å². The minimum Gasteiger partial charge on any atom is -0.467 e. The molecule has 1 heterocycles. The van der Waals surface area contributed by atoms with E-state index in [1.165, 1.54) is 0 Å². The molecule has 6 nitrogen and oxygen atoms in total. The average molecular weight is 454 g/mol. The number of carbonyl (C=O) groups excluding carboxylic acids is 1. The molecule has 2 aromatic rings. The van der Waals surface area contributed by atoms with Gasteiger partial charge in [0.25, 0.3) is 5.91 Å². The van der Waals surface area contributed by atoms with Crippen LogP contribution in [-0.2, 0) is 13.1 Å². The molecule has 1 aromatic carbocycles. The number of nitrogens with one attached hydrogen (secondary N) is 2. The van der Waals surface area contributed by atoms with Crippen molar-refractivity contribution in [1.29, 1.82) is 0 Å². The third-order valence-electron chi connectivity index (χ3n) is 3.20. The van der Waals surface area contributed by atoms with Gasteiger partial charge in [0.2, 0.25) is 0 Å². The molecule has 0 aliphatic heterocycles. The Labute approximate surface area is 164 Å². The smallest absolute Gasteiger partial charge is 0.251 e. The molecule has 7 heteroatoms. The molecule has 0 saturated carbocycles. The first-order valence-electron chi connectivity index (χ1n) is 7.62. The van der Waals surface area contributed by atoms with Gasteiger partial charge in [0.15, 0.2) is 5.96 Å². The minimum atomic E-state index is -0.161. The summed E-state index contributed by atoms with van der Waals surface area (Å²) in [6, 6.07) is 10.9. The summed E-state index contributed by atoms with van der Waals surface area (Å²) in [5.41, 5.74) is 8.23. The lowest BCUT2D eigenvalue weighted by Crippen LogP contribution is -2.32. The third-order valence-corrected chi connectivity index (χ3v) is 3.20. The van der Waals surface area contributed by atoms with Crippen molar-refractivity contribution < 1.29 is 9.21 Å². The zero-order valence-corrected chi connectivity index (χ0v) is 16.4. The molecule has 0 fully saturated rings. The van der Waals surface area contributed by atoms with Gasteiger partial charge >= 0.3 is 0 Å². The number of furan rings is 1. The summed E-state index contributed by atoms with van der Waals surface area (Å²) < 4.78 is 5.19. The Kier molecular flexibility index (Phi) is 8.76. The molecule has 0 saturated heterocycles. The van der Waals surface area contributed by atoms with Crippen LogP contribution in [0.15, 0.2) is 64.2 Å². The Balaban J connectivity index is 0.00000312. The molecule has 0 atom stereocenters. The summed E-state index contributed by atoms with van der Waals surface area (Å²) in [5, 5.41) is 5.78. The highest BCUT2D eigenvalue weighted by Gasteiger charge is 2.07. The van der Waals surface area contributed by atoms with E-state index in [1.54, 1.807) is 24.5 Å². The van der Waals surface area contributed by atoms with Crippen molar-refractivity contribution in [2.45, 2.75) is 20.0 Å². The van der Waals surface area contributed by atoms with Crippen LogP contribution < -0.4 is 16.4 Å². The van der Waals surface area contributed by atoms with Gasteiger partial charge in [0.05, 0.1) is 19.4 Å². The number of benzene rings is 1. The van der Waals surface area contributed by atoms with Crippen molar-refractivity contribution in [3.8, 4) is 0 Å². The molecular formula is C18H23IN4O2. The molecule has 0 spiro atoms. The number of amides is 1. The lowest BCUT2D eigenvalue weighted by atomic mass is 10.1. The van der Waals surface area contributed by atoms with Gasteiger partial charge in [0.1, 0.15) is 5.76 Å². The van der Waals surface area contributed by atoms with Crippen LogP contribution in [-0.4, -0.2) is 18.4 Å². The minimum absolute atomic E-state index is 0. The number of guanidine groups is 1. The van der Waals surface area contributed by atoms with Gasteiger partial charge in [-0.15, -0.1) is 24.0 Å². The molecular weight excluding hydrogens is 431 g/mol. The Morgan fingerprint density at radius 1 is 1.28 bits per heavy atom. The largest absolute Gasteiger partial charge is 0.467 e. The molecule has 0 aliphatic rings. The van der Waals surface area contributed by atoms with Crippen LogP contribution in [0, 0.1) is 0 Å². The molecule has 0 unspecified atom stereocenters. The van der Waals surface area contributed by atoms with E-state index in [2.05, 4.69) is 22.2 Å². The molecule has 0 radical (unpaired) electrons. The van der Waals surface area contributed by atoms with Crippen LogP contribution in [0.25, 0.3) is 0 Å². The van der Waals surface area contributed by atoms with Crippen molar-refractivity contribution >= 4 is 35.8 Å². The van der Waals surface area contributed by atoms with Crippen molar-refractivity contribution in [3.63, 3.8) is 0 Å². The Morgan fingerprint density at radius 3 is 2.76 bits per heavy atom. The molecule has 2 rings (SSSR count). The van der Waals surface area contributed by atoms with Gasteiger partial charge in [-0.3, -0.25) is 4.79 Å². The lowest BCUT2D eigenvalue weighted by Gasteiger charge is -2.07. The summed E-state index contributed by atoms with van der Waals surface area (Å²) in [4.78, 5) is 16.4. The summed E-state index contributed by atoms with van der Waals surface area (Å²) in [6.45, 7) is 7.03. The van der Waals surface area contributed by atoms with E-state index in [-0.39, 0.29) is 29.9 Å². The Morgan fingerprint density at radius 2 is 2.08 bits per heavy atom. The number of hydrogen-bond acceptors (Lipinski definition) is 3. The second-order valence-corrected chi connectivity index (χ2v) is 5.47. The van der Waals surface area contributed by atoms with E-state index in [1.807, 2.05) is 25.1 Å². The molecule has 0 aliphatic carbocycles. The SMILES string of the molecule is C=C(C)CNC(N)=NCc1cccc(C(=O)NCc2ccco2)c1.I. The fraction of sp³-hybridized carbons (Fsp3) is 0.222. The first-order valence-corrected chi connectivity index (χ1v) is 7.62. The number of rotatable bonds is 7. The highest BCUT2D eigenvalue weighted by atomic mass is 127. The fourth-order valence-electron chi connectivity index (χ4n) is 1.97.